The molecule has 0 aliphatic rings. The number of alkyl halides is 1. The summed E-state index contributed by atoms with van der Waals surface area (Å²) in [5, 5.41) is 0. The van der Waals surface area contributed by atoms with Crippen LogP contribution in [0.4, 0.5) is 0 Å². The number of fused-ring (bicyclic) bond motifs is 1. The second-order valence-corrected chi connectivity index (χ2v) is 5.11. The summed E-state index contributed by atoms with van der Waals surface area (Å²) in [7, 11) is 1.63. The Morgan fingerprint density at radius 3 is 2.86 bits per heavy atom. The third-order valence-corrected chi connectivity index (χ3v) is 3.72. The average Bonchev–Trinajstić information content (AvgIpc) is 3.09. The number of aromatic nitrogens is 3. The van der Waals surface area contributed by atoms with E-state index in [0.29, 0.717) is 11.8 Å². The van der Waals surface area contributed by atoms with Crippen molar-refractivity contribution in [1.82, 2.24) is 14.5 Å². The first-order chi connectivity index (χ1) is 10.2. The topological polar surface area (TPSA) is 53.1 Å². The molecule has 110 valence electrons. The monoisotopic (exact) mass is 305 g/mol. The van der Waals surface area contributed by atoms with Crippen molar-refractivity contribution in [1.29, 1.82) is 0 Å². The van der Waals surface area contributed by atoms with E-state index in [2.05, 4.69) is 9.97 Å². The van der Waals surface area contributed by atoms with Gasteiger partial charge in [-0.2, -0.15) is 0 Å². The minimum Gasteiger partial charge on any atom is -0.494 e. The minimum absolute atomic E-state index is 0.0930. The van der Waals surface area contributed by atoms with E-state index in [4.69, 9.17) is 20.8 Å². The zero-order chi connectivity index (χ0) is 15.0. The Balaban J connectivity index is 2.21. The molecule has 1 unspecified atom stereocenters. The van der Waals surface area contributed by atoms with Gasteiger partial charge in [0.1, 0.15) is 28.9 Å². The SMILES string of the molecule is COc1cccc2c1nc(CCl)n2C(C)c1ncc(C)o1. The molecule has 0 amide bonds. The van der Waals surface area contributed by atoms with Crippen LogP contribution in [0.2, 0.25) is 0 Å². The van der Waals surface area contributed by atoms with Gasteiger partial charge in [-0.15, -0.1) is 11.6 Å². The van der Waals surface area contributed by atoms with Crippen LogP contribution in [-0.2, 0) is 5.88 Å². The third kappa shape index (κ3) is 2.27. The van der Waals surface area contributed by atoms with E-state index in [1.54, 1.807) is 13.3 Å². The molecule has 0 saturated carbocycles. The van der Waals surface area contributed by atoms with Crippen LogP contribution in [0.5, 0.6) is 5.75 Å². The van der Waals surface area contributed by atoms with E-state index in [1.165, 1.54) is 0 Å². The van der Waals surface area contributed by atoms with Crippen molar-refractivity contribution in [3.63, 3.8) is 0 Å². The van der Waals surface area contributed by atoms with Crippen LogP contribution in [0.25, 0.3) is 11.0 Å². The quantitative estimate of drug-likeness (QED) is 0.690. The average molecular weight is 306 g/mol. The first-order valence-corrected chi connectivity index (χ1v) is 7.21. The molecule has 0 saturated heterocycles. The minimum atomic E-state index is -0.0930. The molecule has 0 fully saturated rings. The number of hydrogen-bond acceptors (Lipinski definition) is 4. The molecule has 0 radical (unpaired) electrons. The summed E-state index contributed by atoms with van der Waals surface area (Å²) >= 11 is 6.06. The Bertz CT molecular complexity index is 778. The number of methoxy groups -OCH3 is 1. The van der Waals surface area contributed by atoms with E-state index in [9.17, 15) is 0 Å². The smallest absolute Gasteiger partial charge is 0.217 e. The first kappa shape index (κ1) is 13.9. The standard InChI is InChI=1S/C15H16ClN3O2/c1-9-8-17-15(21-9)10(2)19-11-5-4-6-12(20-3)14(11)18-13(19)7-16/h4-6,8,10H,7H2,1-3H3. The van der Waals surface area contributed by atoms with Crippen molar-refractivity contribution in [3.8, 4) is 5.75 Å². The second kappa shape index (κ2) is 5.41. The van der Waals surface area contributed by atoms with Gasteiger partial charge < -0.3 is 13.7 Å². The second-order valence-electron chi connectivity index (χ2n) is 4.84. The Labute approximate surface area is 127 Å². The maximum atomic E-state index is 6.06. The van der Waals surface area contributed by atoms with E-state index < -0.39 is 0 Å². The number of para-hydroxylation sites is 1. The van der Waals surface area contributed by atoms with Crippen LogP contribution >= 0.6 is 11.6 Å². The highest BCUT2D eigenvalue weighted by Gasteiger charge is 2.21. The zero-order valence-corrected chi connectivity index (χ0v) is 12.9. The number of halogens is 1. The van der Waals surface area contributed by atoms with E-state index in [-0.39, 0.29) is 6.04 Å². The van der Waals surface area contributed by atoms with Gasteiger partial charge in [-0.05, 0) is 26.0 Å². The molecule has 0 aliphatic carbocycles. The van der Waals surface area contributed by atoms with Crippen molar-refractivity contribution in [3.05, 3.63) is 41.9 Å². The number of ether oxygens (including phenoxy) is 1. The Morgan fingerprint density at radius 2 is 2.24 bits per heavy atom. The summed E-state index contributed by atoms with van der Waals surface area (Å²) in [5.41, 5.74) is 1.75. The van der Waals surface area contributed by atoms with Gasteiger partial charge in [-0.25, -0.2) is 9.97 Å². The number of oxazole rings is 1. The summed E-state index contributed by atoms with van der Waals surface area (Å²) in [6.07, 6.45) is 1.71. The lowest BCUT2D eigenvalue weighted by atomic mass is 10.2. The summed E-state index contributed by atoms with van der Waals surface area (Å²) in [6, 6.07) is 5.72. The van der Waals surface area contributed by atoms with Crippen LogP contribution < -0.4 is 4.74 Å². The number of hydrogen-bond donors (Lipinski definition) is 0. The Kier molecular flexibility index (Phi) is 3.59. The lowest BCUT2D eigenvalue weighted by Gasteiger charge is -2.13. The molecule has 0 spiro atoms. The van der Waals surface area contributed by atoms with E-state index in [0.717, 1.165) is 28.4 Å². The number of aryl methyl sites for hydroxylation is 1. The number of nitrogens with zero attached hydrogens (tertiary/aromatic N) is 3. The molecular weight excluding hydrogens is 290 g/mol. The molecule has 2 aromatic heterocycles. The normalized spacial score (nSPS) is 12.8. The van der Waals surface area contributed by atoms with Crippen molar-refractivity contribution in [2.45, 2.75) is 25.8 Å². The van der Waals surface area contributed by atoms with Gasteiger partial charge >= 0.3 is 0 Å². The van der Waals surface area contributed by atoms with E-state index in [1.807, 2.05) is 36.6 Å². The summed E-state index contributed by atoms with van der Waals surface area (Å²) in [5.74, 6) is 3.22. The van der Waals surface area contributed by atoms with Crippen LogP contribution in [0, 0.1) is 6.92 Å². The molecule has 3 aromatic rings. The fourth-order valence-electron chi connectivity index (χ4n) is 2.51. The molecule has 0 N–H and O–H groups in total. The number of rotatable bonds is 4. The Hall–Kier alpha value is -2.01. The molecule has 6 heteroatoms. The largest absolute Gasteiger partial charge is 0.494 e. The molecule has 2 heterocycles. The van der Waals surface area contributed by atoms with Crippen LogP contribution in [0.3, 0.4) is 0 Å². The maximum Gasteiger partial charge on any atom is 0.217 e. The molecule has 1 aromatic carbocycles. The molecule has 5 nitrogen and oxygen atoms in total. The highest BCUT2D eigenvalue weighted by molar-refractivity contribution is 6.16. The number of benzene rings is 1. The fourth-order valence-corrected chi connectivity index (χ4v) is 2.69. The van der Waals surface area contributed by atoms with Gasteiger partial charge in [-0.1, -0.05) is 6.07 Å². The highest BCUT2D eigenvalue weighted by atomic mass is 35.5. The van der Waals surface area contributed by atoms with Gasteiger partial charge in [0.25, 0.3) is 0 Å². The molecule has 3 rings (SSSR count). The third-order valence-electron chi connectivity index (χ3n) is 3.48. The van der Waals surface area contributed by atoms with Gasteiger partial charge in [0.05, 0.1) is 24.7 Å². The van der Waals surface area contributed by atoms with Gasteiger partial charge in [0, 0.05) is 0 Å². The molecule has 0 aliphatic heterocycles. The fraction of sp³-hybridized carbons (Fsp3) is 0.333. The summed E-state index contributed by atoms with van der Waals surface area (Å²) in [6.45, 7) is 3.89. The van der Waals surface area contributed by atoms with E-state index >= 15 is 0 Å². The molecule has 0 bridgehead atoms. The predicted octanol–water partition coefficient (Wildman–Crippen LogP) is 3.69. The molecule has 1 atom stereocenters. The van der Waals surface area contributed by atoms with Crippen molar-refractivity contribution >= 4 is 22.6 Å². The first-order valence-electron chi connectivity index (χ1n) is 6.67. The number of imidazole rings is 1. The highest BCUT2D eigenvalue weighted by Crippen LogP contribution is 2.31. The van der Waals surface area contributed by atoms with Gasteiger partial charge in [0.15, 0.2) is 0 Å². The maximum absolute atomic E-state index is 6.06. The zero-order valence-electron chi connectivity index (χ0n) is 12.1. The van der Waals surface area contributed by atoms with Crippen molar-refractivity contribution < 1.29 is 9.15 Å². The van der Waals surface area contributed by atoms with Crippen molar-refractivity contribution in [2.75, 3.05) is 7.11 Å². The molecular formula is C15H16ClN3O2. The van der Waals surface area contributed by atoms with Crippen molar-refractivity contribution in [2.24, 2.45) is 0 Å². The summed E-state index contributed by atoms with van der Waals surface area (Å²) in [4.78, 5) is 8.90. The van der Waals surface area contributed by atoms with Gasteiger partial charge in [-0.3, -0.25) is 0 Å². The lowest BCUT2D eigenvalue weighted by Crippen LogP contribution is -2.10. The van der Waals surface area contributed by atoms with Crippen LogP contribution in [0.15, 0.2) is 28.8 Å². The Morgan fingerprint density at radius 1 is 1.43 bits per heavy atom. The predicted molar refractivity (Wildman–Crippen MR) is 80.9 cm³/mol. The molecule has 21 heavy (non-hydrogen) atoms. The summed E-state index contributed by atoms with van der Waals surface area (Å²) < 4.78 is 13.0. The van der Waals surface area contributed by atoms with Crippen LogP contribution in [-0.4, -0.2) is 21.6 Å². The lowest BCUT2D eigenvalue weighted by molar-refractivity contribution is 0.415. The van der Waals surface area contributed by atoms with Gasteiger partial charge in [0.2, 0.25) is 5.89 Å². The van der Waals surface area contributed by atoms with Crippen LogP contribution in [0.1, 0.15) is 30.4 Å².